The molecular weight excluding hydrogens is 190 g/mol. The molecule has 0 bridgehead atoms. The molecule has 1 aliphatic rings. The van der Waals surface area contributed by atoms with E-state index in [4.69, 9.17) is 4.74 Å². The molecule has 90 valence electrons. The number of ether oxygens (including phenoxy) is 1. The molecule has 2 N–H and O–H groups in total. The number of hydrogen-bond acceptors (Lipinski definition) is 3. The Morgan fingerprint density at radius 2 is 1.93 bits per heavy atom. The molecule has 0 aromatic carbocycles. The Bertz CT molecular complexity index is 145. The van der Waals surface area contributed by atoms with Crippen LogP contribution in [0.15, 0.2) is 0 Å². The first-order valence-corrected chi connectivity index (χ1v) is 6.29. The van der Waals surface area contributed by atoms with E-state index in [2.05, 4.69) is 12.2 Å². The molecular formula is C12H25NO2. The van der Waals surface area contributed by atoms with Crippen molar-refractivity contribution in [2.45, 2.75) is 45.1 Å². The van der Waals surface area contributed by atoms with Gasteiger partial charge in [-0.2, -0.15) is 0 Å². The molecule has 15 heavy (non-hydrogen) atoms. The molecule has 0 unspecified atom stereocenters. The molecule has 1 rings (SSSR count). The van der Waals surface area contributed by atoms with Gasteiger partial charge < -0.3 is 15.2 Å². The van der Waals surface area contributed by atoms with E-state index < -0.39 is 0 Å². The first-order chi connectivity index (χ1) is 7.33. The summed E-state index contributed by atoms with van der Waals surface area (Å²) < 4.78 is 5.39. The van der Waals surface area contributed by atoms with E-state index in [9.17, 15) is 5.11 Å². The Balaban J connectivity index is 1.87. The Morgan fingerprint density at radius 1 is 1.20 bits per heavy atom. The molecule has 1 aliphatic carbocycles. The third-order valence-corrected chi connectivity index (χ3v) is 3.02. The molecule has 0 aliphatic heterocycles. The van der Waals surface area contributed by atoms with E-state index in [-0.39, 0.29) is 6.10 Å². The summed E-state index contributed by atoms with van der Waals surface area (Å²) >= 11 is 0. The summed E-state index contributed by atoms with van der Waals surface area (Å²) in [6.45, 7) is 5.86. The van der Waals surface area contributed by atoms with E-state index in [0.29, 0.717) is 0 Å². The van der Waals surface area contributed by atoms with Crippen LogP contribution in [0.3, 0.4) is 0 Å². The van der Waals surface area contributed by atoms with Crippen molar-refractivity contribution in [1.29, 1.82) is 0 Å². The van der Waals surface area contributed by atoms with Gasteiger partial charge >= 0.3 is 0 Å². The molecule has 0 heterocycles. The van der Waals surface area contributed by atoms with E-state index in [1.807, 2.05) is 0 Å². The third-order valence-electron chi connectivity index (χ3n) is 3.02. The average Bonchev–Trinajstić information content (AvgIpc) is 2.26. The molecule has 3 nitrogen and oxygen atoms in total. The summed E-state index contributed by atoms with van der Waals surface area (Å²) in [7, 11) is 0. The van der Waals surface area contributed by atoms with Gasteiger partial charge in [0.1, 0.15) is 0 Å². The second kappa shape index (κ2) is 8.08. The fourth-order valence-corrected chi connectivity index (χ4v) is 2.05. The maximum atomic E-state index is 9.36. The molecule has 3 heteroatoms. The molecule has 0 aromatic rings. The molecule has 0 radical (unpaired) electrons. The van der Waals surface area contributed by atoms with Crippen LogP contribution in [-0.2, 0) is 4.74 Å². The van der Waals surface area contributed by atoms with Gasteiger partial charge in [-0.3, -0.25) is 0 Å². The van der Waals surface area contributed by atoms with Gasteiger partial charge in [0, 0.05) is 13.2 Å². The third kappa shape index (κ3) is 6.13. The maximum Gasteiger partial charge on any atom is 0.0590 e. The van der Waals surface area contributed by atoms with Crippen molar-refractivity contribution >= 4 is 0 Å². The van der Waals surface area contributed by atoms with Gasteiger partial charge in [-0.25, -0.2) is 0 Å². The van der Waals surface area contributed by atoms with Crippen LogP contribution in [0, 0.1) is 5.92 Å². The van der Waals surface area contributed by atoms with Crippen LogP contribution >= 0.6 is 0 Å². The van der Waals surface area contributed by atoms with Crippen LogP contribution < -0.4 is 5.32 Å². The van der Waals surface area contributed by atoms with E-state index >= 15 is 0 Å². The Labute approximate surface area is 93.2 Å². The number of rotatable bonds is 7. The number of hydrogen-bond donors (Lipinski definition) is 2. The fourth-order valence-electron chi connectivity index (χ4n) is 2.05. The molecule has 1 saturated carbocycles. The minimum atomic E-state index is -0.0332. The molecule has 0 saturated heterocycles. The molecule has 0 spiro atoms. The lowest BCUT2D eigenvalue weighted by atomic mass is 9.87. The zero-order chi connectivity index (χ0) is 10.9. The summed E-state index contributed by atoms with van der Waals surface area (Å²) in [6.07, 6.45) is 5.38. The Kier molecular flexibility index (Phi) is 6.98. The lowest BCUT2D eigenvalue weighted by molar-refractivity contribution is 0.105. The highest BCUT2D eigenvalue weighted by molar-refractivity contribution is 4.72. The first-order valence-electron chi connectivity index (χ1n) is 6.29. The molecule has 1 fully saturated rings. The minimum absolute atomic E-state index is 0.0332. The van der Waals surface area contributed by atoms with Crippen molar-refractivity contribution in [3.63, 3.8) is 0 Å². The van der Waals surface area contributed by atoms with Crippen molar-refractivity contribution in [2.24, 2.45) is 5.92 Å². The van der Waals surface area contributed by atoms with Gasteiger partial charge in [0.25, 0.3) is 0 Å². The first kappa shape index (κ1) is 12.9. The highest BCUT2D eigenvalue weighted by atomic mass is 16.5. The highest BCUT2D eigenvalue weighted by Crippen LogP contribution is 2.23. The smallest absolute Gasteiger partial charge is 0.0590 e. The van der Waals surface area contributed by atoms with Crippen molar-refractivity contribution < 1.29 is 9.84 Å². The van der Waals surface area contributed by atoms with Crippen LogP contribution in [0.1, 0.15) is 39.0 Å². The molecule has 0 amide bonds. The van der Waals surface area contributed by atoms with E-state index in [1.54, 1.807) is 0 Å². The van der Waals surface area contributed by atoms with Gasteiger partial charge in [-0.1, -0.05) is 6.92 Å². The summed E-state index contributed by atoms with van der Waals surface area (Å²) in [5, 5.41) is 12.8. The Hall–Kier alpha value is -0.120. The molecule has 0 aromatic heterocycles. The lowest BCUT2D eigenvalue weighted by Gasteiger charge is -2.25. The second-order valence-corrected chi connectivity index (χ2v) is 4.49. The summed E-state index contributed by atoms with van der Waals surface area (Å²) in [5.41, 5.74) is 0. The van der Waals surface area contributed by atoms with Crippen molar-refractivity contribution in [3.8, 4) is 0 Å². The minimum Gasteiger partial charge on any atom is -0.393 e. The second-order valence-electron chi connectivity index (χ2n) is 4.49. The summed E-state index contributed by atoms with van der Waals surface area (Å²) in [4.78, 5) is 0. The quantitative estimate of drug-likeness (QED) is 0.633. The lowest BCUT2D eigenvalue weighted by Crippen LogP contribution is -2.30. The van der Waals surface area contributed by atoms with Crippen LogP contribution in [0.25, 0.3) is 0 Å². The predicted molar refractivity (Wildman–Crippen MR) is 61.9 cm³/mol. The molecule has 0 atom stereocenters. The SMILES string of the molecule is CCCOCCNCC1CCC(O)CC1. The van der Waals surface area contributed by atoms with Gasteiger partial charge in [-0.15, -0.1) is 0 Å². The van der Waals surface area contributed by atoms with E-state index in [0.717, 1.165) is 51.5 Å². The average molecular weight is 215 g/mol. The predicted octanol–water partition coefficient (Wildman–Crippen LogP) is 1.55. The number of aliphatic hydroxyl groups is 1. The van der Waals surface area contributed by atoms with Crippen LogP contribution in [0.2, 0.25) is 0 Å². The highest BCUT2D eigenvalue weighted by Gasteiger charge is 2.18. The van der Waals surface area contributed by atoms with Gasteiger partial charge in [-0.05, 0) is 44.6 Å². The summed E-state index contributed by atoms with van der Waals surface area (Å²) in [6, 6.07) is 0. The van der Waals surface area contributed by atoms with Crippen molar-refractivity contribution in [3.05, 3.63) is 0 Å². The maximum absolute atomic E-state index is 9.36. The van der Waals surface area contributed by atoms with Crippen LogP contribution in [0.5, 0.6) is 0 Å². The van der Waals surface area contributed by atoms with Crippen LogP contribution in [0.4, 0.5) is 0 Å². The number of nitrogens with one attached hydrogen (secondary N) is 1. The monoisotopic (exact) mass is 215 g/mol. The Morgan fingerprint density at radius 3 is 2.60 bits per heavy atom. The van der Waals surface area contributed by atoms with Crippen molar-refractivity contribution in [1.82, 2.24) is 5.32 Å². The zero-order valence-electron chi connectivity index (χ0n) is 9.87. The fraction of sp³-hybridized carbons (Fsp3) is 1.00. The van der Waals surface area contributed by atoms with Gasteiger partial charge in [0.15, 0.2) is 0 Å². The number of aliphatic hydroxyl groups excluding tert-OH is 1. The van der Waals surface area contributed by atoms with Crippen LogP contribution in [-0.4, -0.2) is 37.5 Å². The summed E-state index contributed by atoms with van der Waals surface area (Å²) in [5.74, 6) is 0.763. The van der Waals surface area contributed by atoms with Crippen molar-refractivity contribution in [2.75, 3.05) is 26.3 Å². The zero-order valence-corrected chi connectivity index (χ0v) is 9.87. The largest absolute Gasteiger partial charge is 0.393 e. The van der Waals surface area contributed by atoms with E-state index in [1.165, 1.54) is 12.8 Å². The van der Waals surface area contributed by atoms with Gasteiger partial charge in [0.05, 0.1) is 12.7 Å². The van der Waals surface area contributed by atoms with Gasteiger partial charge in [0.2, 0.25) is 0 Å². The normalized spacial score (nSPS) is 26.8. The standard InChI is InChI=1S/C12H25NO2/c1-2-8-15-9-7-13-10-11-3-5-12(14)6-4-11/h11-14H,2-10H2,1H3. The topological polar surface area (TPSA) is 41.5 Å².